The molecule has 1 aromatic heterocycles. The highest BCUT2D eigenvalue weighted by molar-refractivity contribution is 5.83. The molecule has 1 aromatic carbocycles. The number of ether oxygens (including phenoxy) is 1. The van der Waals surface area contributed by atoms with Crippen LogP contribution in [0.15, 0.2) is 36.7 Å². The predicted molar refractivity (Wildman–Crippen MR) is 105 cm³/mol. The number of nitrogens with zero attached hydrogens (tertiary/aromatic N) is 6. The van der Waals surface area contributed by atoms with Gasteiger partial charge in [0.05, 0.1) is 19.3 Å². The zero-order chi connectivity index (χ0) is 20.6. The van der Waals surface area contributed by atoms with Crippen LogP contribution in [-0.4, -0.2) is 87.8 Å². The van der Waals surface area contributed by atoms with Gasteiger partial charge in [0, 0.05) is 13.1 Å². The van der Waals surface area contributed by atoms with Crippen molar-refractivity contribution in [2.45, 2.75) is 25.6 Å². The number of amides is 2. The van der Waals surface area contributed by atoms with E-state index >= 15 is 0 Å². The maximum Gasteiger partial charge on any atom is 0.244 e. The van der Waals surface area contributed by atoms with Crippen LogP contribution in [0.2, 0.25) is 0 Å². The molecule has 2 amide bonds. The van der Waals surface area contributed by atoms with Crippen molar-refractivity contribution >= 4 is 11.8 Å². The minimum Gasteiger partial charge on any atom is -0.377 e. The summed E-state index contributed by atoms with van der Waals surface area (Å²) in [5, 5.41) is 14.0. The Labute approximate surface area is 169 Å². The van der Waals surface area contributed by atoms with Crippen molar-refractivity contribution in [2.75, 3.05) is 39.9 Å². The molecular weight excluding hydrogens is 374 g/mol. The maximum absolute atomic E-state index is 13.4. The summed E-state index contributed by atoms with van der Waals surface area (Å²) in [5.74, 6) is -0.251. The van der Waals surface area contributed by atoms with E-state index in [4.69, 9.17) is 4.74 Å². The van der Waals surface area contributed by atoms with E-state index in [-0.39, 0.29) is 30.4 Å². The summed E-state index contributed by atoms with van der Waals surface area (Å²) >= 11 is 0. The van der Waals surface area contributed by atoms with Crippen LogP contribution in [0.1, 0.15) is 18.5 Å². The molecule has 0 radical (unpaired) electrons. The summed E-state index contributed by atoms with van der Waals surface area (Å²) in [6, 6.07) is 9.06. The molecule has 0 saturated carbocycles. The number of tetrazole rings is 1. The molecule has 1 N–H and O–H groups in total. The van der Waals surface area contributed by atoms with E-state index in [1.807, 2.05) is 49.2 Å². The Morgan fingerprint density at radius 2 is 2.14 bits per heavy atom. The molecule has 3 rings (SSSR count). The number of benzene rings is 1. The normalized spacial score (nSPS) is 18.3. The van der Waals surface area contributed by atoms with Gasteiger partial charge in [0.2, 0.25) is 11.8 Å². The molecule has 1 aliphatic rings. The molecule has 0 spiro atoms. The van der Waals surface area contributed by atoms with Gasteiger partial charge in [0.1, 0.15) is 12.6 Å². The lowest BCUT2D eigenvalue weighted by molar-refractivity contribution is -0.137. The Morgan fingerprint density at radius 1 is 1.34 bits per heavy atom. The van der Waals surface area contributed by atoms with Crippen LogP contribution < -0.4 is 5.32 Å². The Morgan fingerprint density at radius 3 is 2.83 bits per heavy atom. The summed E-state index contributed by atoms with van der Waals surface area (Å²) in [7, 11) is 1.94. The zero-order valence-corrected chi connectivity index (χ0v) is 16.8. The number of likely N-dealkylation sites (N-methyl/N-ethyl adjacent to an activating group) is 1. The van der Waals surface area contributed by atoms with Crippen molar-refractivity contribution in [3.05, 3.63) is 42.2 Å². The smallest absolute Gasteiger partial charge is 0.244 e. The van der Waals surface area contributed by atoms with Crippen molar-refractivity contribution in [1.29, 1.82) is 0 Å². The highest BCUT2D eigenvalue weighted by atomic mass is 16.5. The number of carbonyl (C=O) groups is 2. The van der Waals surface area contributed by atoms with Crippen molar-refractivity contribution in [1.82, 2.24) is 35.3 Å². The molecule has 2 atom stereocenters. The highest BCUT2D eigenvalue weighted by Crippen LogP contribution is 2.22. The molecule has 2 heterocycles. The number of aromatic nitrogens is 4. The van der Waals surface area contributed by atoms with Gasteiger partial charge < -0.3 is 15.0 Å². The van der Waals surface area contributed by atoms with Crippen LogP contribution in [0.5, 0.6) is 0 Å². The van der Waals surface area contributed by atoms with Crippen LogP contribution in [0.4, 0.5) is 0 Å². The molecule has 10 heteroatoms. The molecule has 1 aliphatic heterocycles. The molecule has 0 bridgehead atoms. The first-order valence-corrected chi connectivity index (χ1v) is 9.70. The van der Waals surface area contributed by atoms with Crippen molar-refractivity contribution in [3.63, 3.8) is 0 Å². The first kappa shape index (κ1) is 20.9. The monoisotopic (exact) mass is 401 g/mol. The Balaban J connectivity index is 1.68. The summed E-state index contributed by atoms with van der Waals surface area (Å²) in [6.07, 6.45) is 1.27. The number of carbonyl (C=O) groups excluding carboxylic acids is 2. The van der Waals surface area contributed by atoms with Gasteiger partial charge in [-0.3, -0.25) is 14.5 Å². The van der Waals surface area contributed by atoms with E-state index in [9.17, 15) is 9.59 Å². The maximum atomic E-state index is 13.4. The van der Waals surface area contributed by atoms with Gasteiger partial charge in [-0.25, -0.2) is 0 Å². The lowest BCUT2D eigenvalue weighted by Gasteiger charge is -2.32. The van der Waals surface area contributed by atoms with Crippen molar-refractivity contribution in [3.8, 4) is 0 Å². The molecule has 2 unspecified atom stereocenters. The standard InChI is InChI=1S/C19H27N7O3/c1-3-24(2)18(15-7-5-4-6-8-15)19(28)25-9-10-29-13-16(11-25)22-17(27)12-26-21-14-20-23-26/h4-8,14,16,18H,3,9-13H2,1-2H3,(H,22,27). The van der Waals surface area contributed by atoms with Crippen LogP contribution in [0.25, 0.3) is 0 Å². The molecule has 10 nitrogen and oxygen atoms in total. The Bertz CT molecular complexity index is 784. The fraction of sp³-hybridized carbons (Fsp3) is 0.526. The van der Waals surface area contributed by atoms with Gasteiger partial charge in [0.15, 0.2) is 6.33 Å². The van der Waals surface area contributed by atoms with Gasteiger partial charge in [-0.1, -0.05) is 37.3 Å². The second-order valence-electron chi connectivity index (χ2n) is 6.98. The second kappa shape index (κ2) is 10.1. The second-order valence-corrected chi connectivity index (χ2v) is 6.98. The van der Waals surface area contributed by atoms with Crippen molar-refractivity contribution in [2.24, 2.45) is 0 Å². The molecular formula is C19H27N7O3. The largest absolute Gasteiger partial charge is 0.377 e. The van der Waals surface area contributed by atoms with Crippen molar-refractivity contribution < 1.29 is 14.3 Å². The number of hydrogen-bond acceptors (Lipinski definition) is 7. The lowest BCUT2D eigenvalue weighted by Crippen LogP contribution is -2.49. The molecule has 156 valence electrons. The SMILES string of the molecule is CCN(C)C(C(=O)N1CCOCC(NC(=O)Cn2ncnn2)C1)c1ccccc1. The Kier molecular flexibility index (Phi) is 7.25. The quantitative estimate of drug-likeness (QED) is 0.680. The fourth-order valence-corrected chi connectivity index (χ4v) is 3.34. The number of rotatable bonds is 7. The first-order valence-electron chi connectivity index (χ1n) is 9.70. The third-order valence-electron chi connectivity index (χ3n) is 4.91. The molecule has 0 aliphatic carbocycles. The average Bonchev–Trinajstić information content (AvgIpc) is 3.12. The molecule has 29 heavy (non-hydrogen) atoms. The summed E-state index contributed by atoms with van der Waals surface area (Å²) in [4.78, 5) is 30.7. The van der Waals surface area contributed by atoms with Gasteiger partial charge >= 0.3 is 0 Å². The molecule has 1 saturated heterocycles. The topological polar surface area (TPSA) is 105 Å². The number of hydrogen-bond donors (Lipinski definition) is 1. The first-order chi connectivity index (χ1) is 14.1. The van der Waals surface area contributed by atoms with E-state index in [0.29, 0.717) is 26.3 Å². The summed E-state index contributed by atoms with van der Waals surface area (Å²) in [5.41, 5.74) is 0.949. The minimum absolute atomic E-state index is 0.00300. The summed E-state index contributed by atoms with van der Waals surface area (Å²) in [6.45, 7) is 4.37. The van der Waals surface area contributed by atoms with Crippen LogP contribution >= 0.6 is 0 Å². The van der Waals surface area contributed by atoms with E-state index < -0.39 is 0 Å². The minimum atomic E-state index is -0.380. The van der Waals surface area contributed by atoms with Gasteiger partial charge in [0.25, 0.3) is 0 Å². The summed E-state index contributed by atoms with van der Waals surface area (Å²) < 4.78 is 5.62. The van der Waals surface area contributed by atoms with Gasteiger partial charge in [-0.05, 0) is 24.4 Å². The Hall–Kier alpha value is -2.85. The van der Waals surface area contributed by atoms with Gasteiger partial charge in [-0.15, -0.1) is 10.2 Å². The van der Waals surface area contributed by atoms with E-state index in [2.05, 4.69) is 20.7 Å². The molecule has 2 aromatic rings. The van der Waals surface area contributed by atoms with E-state index in [0.717, 1.165) is 12.1 Å². The number of nitrogens with one attached hydrogen (secondary N) is 1. The van der Waals surface area contributed by atoms with Crippen LogP contribution in [0, 0.1) is 0 Å². The van der Waals surface area contributed by atoms with Crippen LogP contribution in [0.3, 0.4) is 0 Å². The van der Waals surface area contributed by atoms with E-state index in [1.165, 1.54) is 11.1 Å². The predicted octanol–water partition coefficient (Wildman–Crippen LogP) is -0.290. The lowest BCUT2D eigenvalue weighted by atomic mass is 10.0. The van der Waals surface area contributed by atoms with E-state index in [1.54, 1.807) is 4.90 Å². The third kappa shape index (κ3) is 5.58. The molecule has 1 fully saturated rings. The van der Waals surface area contributed by atoms with Gasteiger partial charge in [-0.2, -0.15) is 4.80 Å². The zero-order valence-electron chi connectivity index (χ0n) is 16.8. The average molecular weight is 401 g/mol. The van der Waals surface area contributed by atoms with Crippen LogP contribution in [-0.2, 0) is 20.9 Å². The highest BCUT2D eigenvalue weighted by Gasteiger charge is 2.31. The fourth-order valence-electron chi connectivity index (χ4n) is 3.34. The third-order valence-corrected chi connectivity index (χ3v) is 4.91.